The molecular formula is C12H8Cl2F2N2. The molecule has 2 aromatic rings. The van der Waals surface area contributed by atoms with Crippen LogP contribution in [0.2, 0.25) is 10.0 Å². The molecule has 0 saturated carbocycles. The highest BCUT2D eigenvalue weighted by Gasteiger charge is 2.19. The zero-order valence-electron chi connectivity index (χ0n) is 9.27. The van der Waals surface area contributed by atoms with Crippen LogP contribution in [0, 0.1) is 18.6 Å². The van der Waals surface area contributed by atoms with Crippen molar-refractivity contribution < 1.29 is 8.78 Å². The summed E-state index contributed by atoms with van der Waals surface area (Å²) in [5.74, 6) is -1.50. The number of nitrogens with zero attached hydrogens (tertiary/aromatic N) is 1. The molecule has 2 N–H and O–H groups in total. The Bertz CT molecular complexity index is 630. The van der Waals surface area contributed by atoms with Crippen LogP contribution in [-0.4, -0.2) is 4.98 Å². The fraction of sp³-hybridized carbons (Fsp3) is 0.0833. The highest BCUT2D eigenvalue weighted by molar-refractivity contribution is 6.37. The van der Waals surface area contributed by atoms with E-state index >= 15 is 0 Å². The summed E-state index contributed by atoms with van der Waals surface area (Å²) in [4.78, 5) is 3.84. The number of rotatable bonds is 1. The molecule has 2 rings (SSSR count). The van der Waals surface area contributed by atoms with Crippen LogP contribution in [-0.2, 0) is 0 Å². The van der Waals surface area contributed by atoms with Crippen LogP contribution >= 0.6 is 23.2 Å². The van der Waals surface area contributed by atoms with E-state index in [0.29, 0.717) is 0 Å². The number of nitrogen functional groups attached to an aromatic ring is 1. The van der Waals surface area contributed by atoms with Gasteiger partial charge in [-0.25, -0.2) is 13.8 Å². The van der Waals surface area contributed by atoms with Crippen molar-refractivity contribution in [1.82, 2.24) is 4.98 Å². The average Bonchev–Trinajstić information content (AvgIpc) is 2.31. The Labute approximate surface area is 112 Å². The molecule has 1 heterocycles. The lowest BCUT2D eigenvalue weighted by molar-refractivity contribution is 0.583. The number of anilines is 1. The second kappa shape index (κ2) is 4.71. The van der Waals surface area contributed by atoms with Crippen molar-refractivity contribution in [2.45, 2.75) is 6.92 Å². The lowest BCUT2D eigenvalue weighted by Gasteiger charge is -2.10. The number of hydrogen-bond acceptors (Lipinski definition) is 2. The van der Waals surface area contributed by atoms with E-state index in [1.165, 1.54) is 19.1 Å². The summed E-state index contributed by atoms with van der Waals surface area (Å²) in [5, 5.41) is 0.176. The molecule has 0 atom stereocenters. The van der Waals surface area contributed by atoms with Gasteiger partial charge in [0.2, 0.25) is 0 Å². The molecule has 94 valence electrons. The first-order chi connectivity index (χ1) is 8.41. The third-order valence-electron chi connectivity index (χ3n) is 2.48. The van der Waals surface area contributed by atoms with Crippen LogP contribution in [0.4, 0.5) is 14.6 Å². The lowest BCUT2D eigenvalue weighted by Crippen LogP contribution is -1.99. The first kappa shape index (κ1) is 13.1. The van der Waals surface area contributed by atoms with E-state index in [0.717, 1.165) is 6.07 Å². The smallest absolute Gasteiger partial charge is 0.143 e. The zero-order chi connectivity index (χ0) is 13.4. The van der Waals surface area contributed by atoms with E-state index in [-0.39, 0.29) is 32.7 Å². The number of benzene rings is 1. The molecule has 0 aliphatic carbocycles. The molecule has 1 aromatic heterocycles. The molecule has 0 unspecified atom stereocenters. The summed E-state index contributed by atoms with van der Waals surface area (Å²) in [7, 11) is 0. The third-order valence-corrected chi connectivity index (χ3v) is 3.07. The Hall–Kier alpha value is -1.39. The van der Waals surface area contributed by atoms with Crippen molar-refractivity contribution in [2.75, 3.05) is 5.73 Å². The molecule has 6 heteroatoms. The lowest BCUT2D eigenvalue weighted by atomic mass is 10.1. The van der Waals surface area contributed by atoms with Gasteiger partial charge >= 0.3 is 0 Å². The Morgan fingerprint density at radius 1 is 1.17 bits per heavy atom. The quantitative estimate of drug-likeness (QED) is 0.853. The van der Waals surface area contributed by atoms with Gasteiger partial charge in [0.25, 0.3) is 0 Å². The van der Waals surface area contributed by atoms with Crippen molar-refractivity contribution in [2.24, 2.45) is 0 Å². The van der Waals surface area contributed by atoms with Crippen molar-refractivity contribution in [3.8, 4) is 11.3 Å². The second-order valence-corrected chi connectivity index (χ2v) is 4.55. The van der Waals surface area contributed by atoms with Gasteiger partial charge in [-0.1, -0.05) is 29.3 Å². The molecule has 0 spiro atoms. The average molecular weight is 289 g/mol. The molecule has 0 aliphatic rings. The maximum atomic E-state index is 13.9. The molecule has 2 nitrogen and oxygen atoms in total. The van der Waals surface area contributed by atoms with E-state index in [1.54, 1.807) is 0 Å². The number of aryl methyl sites for hydroxylation is 1. The fourth-order valence-corrected chi connectivity index (χ4v) is 1.98. The summed E-state index contributed by atoms with van der Waals surface area (Å²) in [6.07, 6.45) is 0. The van der Waals surface area contributed by atoms with Gasteiger partial charge in [-0.2, -0.15) is 0 Å². The minimum atomic E-state index is -0.755. The molecule has 0 saturated heterocycles. The Morgan fingerprint density at radius 3 is 2.50 bits per heavy atom. The highest BCUT2D eigenvalue weighted by Crippen LogP contribution is 2.34. The zero-order valence-corrected chi connectivity index (χ0v) is 10.8. The molecule has 0 fully saturated rings. The molecular weight excluding hydrogens is 281 g/mol. The maximum absolute atomic E-state index is 13.9. The monoisotopic (exact) mass is 288 g/mol. The number of aromatic nitrogens is 1. The molecule has 0 bridgehead atoms. The van der Waals surface area contributed by atoms with E-state index in [1.807, 2.05) is 0 Å². The molecule has 0 aliphatic heterocycles. The van der Waals surface area contributed by atoms with Gasteiger partial charge in [0, 0.05) is 0 Å². The van der Waals surface area contributed by atoms with Gasteiger partial charge in [-0.3, -0.25) is 0 Å². The van der Waals surface area contributed by atoms with Crippen LogP contribution < -0.4 is 5.73 Å². The summed E-state index contributed by atoms with van der Waals surface area (Å²) in [6.45, 7) is 1.52. The van der Waals surface area contributed by atoms with Gasteiger partial charge in [-0.15, -0.1) is 0 Å². The predicted octanol–water partition coefficient (Wildman–Crippen LogP) is 4.22. The van der Waals surface area contributed by atoms with Crippen LogP contribution in [0.1, 0.15) is 5.56 Å². The van der Waals surface area contributed by atoms with E-state index in [9.17, 15) is 8.78 Å². The highest BCUT2D eigenvalue weighted by atomic mass is 35.5. The molecule has 18 heavy (non-hydrogen) atoms. The Kier molecular flexibility index (Phi) is 3.41. The summed E-state index contributed by atoms with van der Waals surface area (Å²) in [5.41, 5.74) is 5.45. The Morgan fingerprint density at radius 2 is 1.83 bits per heavy atom. The number of nitrogens with two attached hydrogens (primary N) is 1. The summed E-state index contributed by atoms with van der Waals surface area (Å²) in [6, 6.07) is 3.79. The molecule has 1 aromatic carbocycles. The standard InChI is InChI=1S/C12H8Cl2F2N2/c1-5-2-3-8(15)9(10(5)16)11-6(13)4-7(14)12(17)18-11/h2-4H,1H3,(H2,17,18). The molecule has 0 amide bonds. The van der Waals surface area contributed by atoms with Crippen LogP contribution in [0.3, 0.4) is 0 Å². The van der Waals surface area contributed by atoms with Gasteiger partial charge in [-0.05, 0) is 24.6 Å². The van der Waals surface area contributed by atoms with Gasteiger partial charge < -0.3 is 5.73 Å². The number of hydrogen-bond donors (Lipinski definition) is 1. The minimum Gasteiger partial charge on any atom is -0.382 e. The minimum absolute atomic E-state index is 0.0311. The Balaban J connectivity index is 2.77. The van der Waals surface area contributed by atoms with Crippen molar-refractivity contribution in [1.29, 1.82) is 0 Å². The fourth-order valence-electron chi connectivity index (χ4n) is 1.53. The first-order valence-electron chi connectivity index (χ1n) is 4.98. The predicted molar refractivity (Wildman–Crippen MR) is 68.8 cm³/mol. The topological polar surface area (TPSA) is 38.9 Å². The van der Waals surface area contributed by atoms with Crippen molar-refractivity contribution >= 4 is 29.0 Å². The van der Waals surface area contributed by atoms with E-state index in [4.69, 9.17) is 28.9 Å². The van der Waals surface area contributed by atoms with Crippen molar-refractivity contribution in [3.63, 3.8) is 0 Å². The first-order valence-corrected chi connectivity index (χ1v) is 5.74. The van der Waals surface area contributed by atoms with Gasteiger partial charge in [0.1, 0.15) is 17.5 Å². The SMILES string of the molecule is Cc1ccc(F)c(-c2nc(N)c(Cl)cc2Cl)c1F. The van der Waals surface area contributed by atoms with Crippen LogP contribution in [0.25, 0.3) is 11.3 Å². The largest absolute Gasteiger partial charge is 0.382 e. The second-order valence-electron chi connectivity index (χ2n) is 3.74. The van der Waals surface area contributed by atoms with Gasteiger partial charge in [0.05, 0.1) is 21.3 Å². The third kappa shape index (κ3) is 2.13. The van der Waals surface area contributed by atoms with Crippen LogP contribution in [0.5, 0.6) is 0 Å². The number of pyridine rings is 1. The normalized spacial score (nSPS) is 10.7. The van der Waals surface area contributed by atoms with E-state index < -0.39 is 11.6 Å². The van der Waals surface area contributed by atoms with Crippen molar-refractivity contribution in [3.05, 3.63) is 45.4 Å². The number of halogens is 4. The van der Waals surface area contributed by atoms with Crippen LogP contribution in [0.15, 0.2) is 18.2 Å². The van der Waals surface area contributed by atoms with E-state index in [2.05, 4.69) is 4.98 Å². The molecule has 0 radical (unpaired) electrons. The van der Waals surface area contributed by atoms with Gasteiger partial charge in [0.15, 0.2) is 0 Å². The summed E-state index contributed by atoms with van der Waals surface area (Å²) < 4.78 is 27.7. The summed E-state index contributed by atoms with van der Waals surface area (Å²) >= 11 is 11.6. The maximum Gasteiger partial charge on any atom is 0.143 e.